The molecular formula is C17H25N. The Morgan fingerprint density at radius 2 is 1.78 bits per heavy atom. The number of hydrogen-bond acceptors (Lipinski definition) is 1. The number of hydrogen-bond donors (Lipinski definition) is 1. The standard InChI is InChI=1S/C17H25N/c1-13(2)15(5)7-6-12-18-17-10-8-16(9-11-17)14(3)4/h8-11,14,18H,1,5-7,12H2,2-4H3. The van der Waals surface area contributed by atoms with Gasteiger partial charge in [0.1, 0.15) is 0 Å². The third kappa shape index (κ3) is 4.79. The molecule has 0 fully saturated rings. The van der Waals surface area contributed by atoms with E-state index in [1.807, 2.05) is 6.92 Å². The molecule has 0 aromatic heterocycles. The molecule has 0 aliphatic rings. The van der Waals surface area contributed by atoms with Crippen molar-refractivity contribution in [2.75, 3.05) is 11.9 Å². The molecule has 0 spiro atoms. The lowest BCUT2D eigenvalue weighted by atomic mass is 10.0. The molecule has 0 atom stereocenters. The summed E-state index contributed by atoms with van der Waals surface area (Å²) in [5, 5.41) is 3.43. The van der Waals surface area contributed by atoms with Crippen molar-refractivity contribution < 1.29 is 0 Å². The summed E-state index contributed by atoms with van der Waals surface area (Å²) >= 11 is 0. The quantitative estimate of drug-likeness (QED) is 0.517. The van der Waals surface area contributed by atoms with Crippen molar-refractivity contribution in [3.05, 3.63) is 54.1 Å². The SMILES string of the molecule is C=C(C)C(=C)CCCNc1ccc(C(C)C)cc1. The molecule has 0 amide bonds. The topological polar surface area (TPSA) is 12.0 Å². The van der Waals surface area contributed by atoms with Gasteiger partial charge in [0.2, 0.25) is 0 Å². The summed E-state index contributed by atoms with van der Waals surface area (Å²) < 4.78 is 0. The lowest BCUT2D eigenvalue weighted by Crippen LogP contribution is -2.02. The number of benzene rings is 1. The highest BCUT2D eigenvalue weighted by atomic mass is 14.9. The van der Waals surface area contributed by atoms with Crippen molar-refractivity contribution in [1.29, 1.82) is 0 Å². The van der Waals surface area contributed by atoms with Crippen molar-refractivity contribution in [2.24, 2.45) is 0 Å². The summed E-state index contributed by atoms with van der Waals surface area (Å²) in [5.41, 5.74) is 4.83. The first-order valence-electron chi connectivity index (χ1n) is 6.68. The molecule has 1 nitrogen and oxygen atoms in total. The molecule has 0 heterocycles. The minimum Gasteiger partial charge on any atom is -0.385 e. The summed E-state index contributed by atoms with van der Waals surface area (Å²) in [6.07, 6.45) is 2.12. The lowest BCUT2D eigenvalue weighted by molar-refractivity contribution is 0.856. The average Bonchev–Trinajstić information content (AvgIpc) is 2.34. The summed E-state index contributed by atoms with van der Waals surface area (Å²) in [4.78, 5) is 0. The van der Waals surface area contributed by atoms with E-state index in [2.05, 4.69) is 56.6 Å². The third-order valence-corrected chi connectivity index (χ3v) is 3.17. The molecule has 1 rings (SSSR count). The highest BCUT2D eigenvalue weighted by Gasteiger charge is 1.99. The largest absolute Gasteiger partial charge is 0.385 e. The van der Waals surface area contributed by atoms with E-state index in [1.54, 1.807) is 0 Å². The van der Waals surface area contributed by atoms with Crippen molar-refractivity contribution in [3.63, 3.8) is 0 Å². The predicted octanol–water partition coefficient (Wildman–Crippen LogP) is 5.13. The van der Waals surface area contributed by atoms with E-state index in [0.717, 1.165) is 30.5 Å². The van der Waals surface area contributed by atoms with E-state index in [1.165, 1.54) is 11.3 Å². The Balaban J connectivity index is 2.31. The first-order valence-corrected chi connectivity index (χ1v) is 6.68. The molecular weight excluding hydrogens is 218 g/mol. The van der Waals surface area contributed by atoms with Gasteiger partial charge in [0.05, 0.1) is 0 Å². The molecule has 0 unspecified atom stereocenters. The van der Waals surface area contributed by atoms with Crippen LogP contribution in [0.4, 0.5) is 5.69 Å². The van der Waals surface area contributed by atoms with Gasteiger partial charge in [-0.05, 0) is 43.4 Å². The van der Waals surface area contributed by atoms with Crippen molar-refractivity contribution >= 4 is 5.69 Å². The normalized spacial score (nSPS) is 10.4. The average molecular weight is 243 g/mol. The number of anilines is 1. The van der Waals surface area contributed by atoms with Gasteiger partial charge in [-0.2, -0.15) is 0 Å². The Kier molecular flexibility index (Phi) is 5.70. The van der Waals surface area contributed by atoms with E-state index in [4.69, 9.17) is 0 Å². The highest BCUT2D eigenvalue weighted by molar-refractivity contribution is 5.45. The van der Waals surface area contributed by atoms with Gasteiger partial charge in [0, 0.05) is 12.2 Å². The fourth-order valence-corrected chi connectivity index (χ4v) is 1.73. The number of allylic oxidation sites excluding steroid dienone is 2. The molecule has 1 aromatic rings. The van der Waals surface area contributed by atoms with E-state index < -0.39 is 0 Å². The summed E-state index contributed by atoms with van der Waals surface area (Å²) in [6, 6.07) is 8.70. The Morgan fingerprint density at radius 1 is 1.17 bits per heavy atom. The molecule has 0 saturated heterocycles. The van der Waals surface area contributed by atoms with Crippen LogP contribution in [-0.2, 0) is 0 Å². The Labute approximate surface area is 112 Å². The fourth-order valence-electron chi connectivity index (χ4n) is 1.73. The van der Waals surface area contributed by atoms with Gasteiger partial charge in [-0.25, -0.2) is 0 Å². The maximum atomic E-state index is 4.00. The van der Waals surface area contributed by atoms with Gasteiger partial charge in [0.25, 0.3) is 0 Å². The maximum Gasteiger partial charge on any atom is 0.0340 e. The predicted molar refractivity (Wildman–Crippen MR) is 82.2 cm³/mol. The molecule has 0 saturated carbocycles. The maximum absolute atomic E-state index is 4.00. The lowest BCUT2D eigenvalue weighted by Gasteiger charge is -2.10. The van der Waals surface area contributed by atoms with Crippen LogP contribution in [0.5, 0.6) is 0 Å². The summed E-state index contributed by atoms with van der Waals surface area (Å²) in [5.74, 6) is 0.595. The summed E-state index contributed by atoms with van der Waals surface area (Å²) in [6.45, 7) is 15.3. The smallest absolute Gasteiger partial charge is 0.0340 e. The minimum atomic E-state index is 0.595. The van der Waals surface area contributed by atoms with Crippen molar-refractivity contribution in [1.82, 2.24) is 0 Å². The zero-order chi connectivity index (χ0) is 13.5. The molecule has 1 N–H and O–H groups in total. The van der Waals surface area contributed by atoms with Crippen molar-refractivity contribution in [2.45, 2.75) is 39.5 Å². The number of rotatable bonds is 7. The van der Waals surface area contributed by atoms with Crippen LogP contribution < -0.4 is 5.32 Å². The molecule has 18 heavy (non-hydrogen) atoms. The molecule has 1 heteroatoms. The van der Waals surface area contributed by atoms with Gasteiger partial charge in [-0.1, -0.05) is 50.3 Å². The second kappa shape index (κ2) is 7.05. The Hall–Kier alpha value is -1.50. The molecule has 98 valence electrons. The van der Waals surface area contributed by atoms with Crippen LogP contribution in [0.2, 0.25) is 0 Å². The molecule has 0 aliphatic heterocycles. The zero-order valence-corrected chi connectivity index (χ0v) is 11.9. The first-order chi connectivity index (χ1) is 8.50. The third-order valence-electron chi connectivity index (χ3n) is 3.17. The van der Waals surface area contributed by atoms with Crippen LogP contribution in [0.3, 0.4) is 0 Å². The highest BCUT2D eigenvalue weighted by Crippen LogP contribution is 2.17. The first kappa shape index (κ1) is 14.6. The van der Waals surface area contributed by atoms with Crippen LogP contribution >= 0.6 is 0 Å². The minimum absolute atomic E-state index is 0.595. The van der Waals surface area contributed by atoms with Crippen LogP contribution in [0.25, 0.3) is 0 Å². The van der Waals surface area contributed by atoms with E-state index in [0.29, 0.717) is 5.92 Å². The van der Waals surface area contributed by atoms with E-state index in [-0.39, 0.29) is 0 Å². The Morgan fingerprint density at radius 3 is 2.28 bits per heavy atom. The number of nitrogens with one attached hydrogen (secondary N) is 1. The molecule has 0 radical (unpaired) electrons. The van der Waals surface area contributed by atoms with Gasteiger partial charge in [0.15, 0.2) is 0 Å². The van der Waals surface area contributed by atoms with E-state index >= 15 is 0 Å². The van der Waals surface area contributed by atoms with Crippen LogP contribution in [0.15, 0.2) is 48.6 Å². The van der Waals surface area contributed by atoms with E-state index in [9.17, 15) is 0 Å². The van der Waals surface area contributed by atoms with Gasteiger partial charge >= 0.3 is 0 Å². The fraction of sp³-hybridized carbons (Fsp3) is 0.412. The van der Waals surface area contributed by atoms with Crippen LogP contribution in [-0.4, -0.2) is 6.54 Å². The second-order valence-corrected chi connectivity index (χ2v) is 5.19. The van der Waals surface area contributed by atoms with Gasteiger partial charge < -0.3 is 5.32 Å². The molecule has 1 aromatic carbocycles. The van der Waals surface area contributed by atoms with Crippen LogP contribution in [0.1, 0.15) is 45.1 Å². The molecule has 0 aliphatic carbocycles. The molecule has 0 bridgehead atoms. The Bertz CT molecular complexity index is 398. The zero-order valence-electron chi connectivity index (χ0n) is 11.9. The van der Waals surface area contributed by atoms with Gasteiger partial charge in [-0.3, -0.25) is 0 Å². The van der Waals surface area contributed by atoms with Crippen LogP contribution in [0, 0.1) is 0 Å². The summed E-state index contributed by atoms with van der Waals surface area (Å²) in [7, 11) is 0. The van der Waals surface area contributed by atoms with Crippen molar-refractivity contribution in [3.8, 4) is 0 Å². The monoisotopic (exact) mass is 243 g/mol. The second-order valence-electron chi connectivity index (χ2n) is 5.19. The van der Waals surface area contributed by atoms with Gasteiger partial charge in [-0.15, -0.1) is 0 Å².